The molecule has 1 rings (SSSR count). The van der Waals surface area contributed by atoms with Crippen molar-refractivity contribution in [1.29, 1.82) is 0 Å². The molecule has 0 bridgehead atoms. The van der Waals surface area contributed by atoms with Crippen molar-refractivity contribution in [3.63, 3.8) is 0 Å². The third kappa shape index (κ3) is 3.02. The van der Waals surface area contributed by atoms with Crippen LogP contribution in [-0.2, 0) is 6.54 Å². The zero-order valence-corrected chi connectivity index (χ0v) is 7.51. The topological polar surface area (TPSA) is 51.0 Å². The second-order valence-electron chi connectivity index (χ2n) is 2.41. The lowest BCUT2D eigenvalue weighted by molar-refractivity contribution is 0.408. The van der Waals surface area contributed by atoms with E-state index < -0.39 is 0 Å². The molecule has 0 fully saturated rings. The van der Waals surface area contributed by atoms with Crippen LogP contribution in [0, 0.1) is 0 Å². The summed E-state index contributed by atoms with van der Waals surface area (Å²) in [6.07, 6.45) is 1.31. The average molecular weight is 188 g/mol. The number of halogens is 1. The summed E-state index contributed by atoms with van der Waals surface area (Å²) >= 11 is 5.46. The van der Waals surface area contributed by atoms with Gasteiger partial charge in [0.15, 0.2) is 5.82 Å². The van der Waals surface area contributed by atoms with Gasteiger partial charge in [0.05, 0.1) is 6.54 Å². The van der Waals surface area contributed by atoms with E-state index >= 15 is 0 Å². The first kappa shape index (κ1) is 9.22. The van der Waals surface area contributed by atoms with E-state index in [9.17, 15) is 0 Å². The van der Waals surface area contributed by atoms with Crippen molar-refractivity contribution in [1.82, 2.24) is 15.5 Å². The van der Waals surface area contributed by atoms with Crippen LogP contribution in [0.15, 0.2) is 22.0 Å². The Labute approximate surface area is 75.6 Å². The van der Waals surface area contributed by atoms with E-state index in [1.807, 2.05) is 6.92 Å². The minimum absolute atomic E-state index is 0.596. The number of nitrogens with one attached hydrogen (secondary N) is 1. The quantitative estimate of drug-likeness (QED) is 0.772. The fourth-order valence-electron chi connectivity index (χ4n) is 0.680. The molecule has 4 nitrogen and oxygen atoms in total. The maximum absolute atomic E-state index is 5.46. The molecule has 0 unspecified atom stereocenters. The molecule has 0 aliphatic carbocycles. The van der Waals surface area contributed by atoms with Gasteiger partial charge in [0.2, 0.25) is 6.39 Å². The van der Waals surface area contributed by atoms with Crippen LogP contribution >= 0.6 is 11.6 Å². The van der Waals surface area contributed by atoms with Gasteiger partial charge >= 0.3 is 0 Å². The molecule has 5 heteroatoms. The maximum Gasteiger partial charge on any atom is 0.213 e. The first-order chi connectivity index (χ1) is 5.83. The first-order valence-electron chi connectivity index (χ1n) is 3.54. The van der Waals surface area contributed by atoms with Gasteiger partial charge < -0.3 is 9.84 Å². The van der Waals surface area contributed by atoms with Crippen molar-refractivity contribution in [2.24, 2.45) is 0 Å². The van der Waals surface area contributed by atoms with Crippen molar-refractivity contribution in [2.75, 3.05) is 6.54 Å². The van der Waals surface area contributed by atoms with Gasteiger partial charge in [-0.25, -0.2) is 0 Å². The molecular formula is C7H10ClN3O. The van der Waals surface area contributed by atoms with E-state index in [1.165, 1.54) is 6.39 Å². The number of rotatable bonds is 4. The first-order valence-corrected chi connectivity index (χ1v) is 3.98. The zero-order valence-electron chi connectivity index (χ0n) is 6.75. The SMILES string of the molecule is CC(=CCl)CNCc1ncon1. The Bertz CT molecular complexity index is 245. The number of hydrogen-bond donors (Lipinski definition) is 1. The third-order valence-electron chi connectivity index (χ3n) is 1.28. The highest BCUT2D eigenvalue weighted by Crippen LogP contribution is 1.93. The largest absolute Gasteiger partial charge is 0.343 e. The minimum Gasteiger partial charge on any atom is -0.343 e. The predicted octanol–water partition coefficient (Wildman–Crippen LogP) is 1.30. The van der Waals surface area contributed by atoms with Gasteiger partial charge in [-0.2, -0.15) is 4.98 Å². The summed E-state index contributed by atoms with van der Waals surface area (Å²) in [6, 6.07) is 0. The predicted molar refractivity (Wildman–Crippen MR) is 45.6 cm³/mol. The zero-order chi connectivity index (χ0) is 8.81. The van der Waals surface area contributed by atoms with E-state index in [-0.39, 0.29) is 0 Å². The van der Waals surface area contributed by atoms with Crippen molar-refractivity contribution in [3.05, 3.63) is 23.3 Å². The Morgan fingerprint density at radius 2 is 2.67 bits per heavy atom. The van der Waals surface area contributed by atoms with Crippen molar-refractivity contribution in [2.45, 2.75) is 13.5 Å². The van der Waals surface area contributed by atoms with Crippen LogP contribution in [0.3, 0.4) is 0 Å². The molecule has 0 aliphatic heterocycles. The maximum atomic E-state index is 5.46. The van der Waals surface area contributed by atoms with Gasteiger partial charge in [-0.1, -0.05) is 16.8 Å². The second-order valence-corrected chi connectivity index (χ2v) is 2.62. The van der Waals surface area contributed by atoms with E-state index in [2.05, 4.69) is 20.0 Å². The Hall–Kier alpha value is -0.870. The van der Waals surface area contributed by atoms with Crippen LogP contribution < -0.4 is 5.32 Å². The summed E-state index contributed by atoms with van der Waals surface area (Å²) in [5, 5.41) is 6.74. The molecule has 1 heterocycles. The molecule has 0 radical (unpaired) electrons. The van der Waals surface area contributed by atoms with Crippen LogP contribution in [0.4, 0.5) is 0 Å². The van der Waals surface area contributed by atoms with Crippen LogP contribution in [0.2, 0.25) is 0 Å². The Kier molecular flexibility index (Phi) is 3.76. The number of nitrogens with zero attached hydrogens (tertiary/aromatic N) is 2. The molecule has 66 valence electrons. The molecule has 1 N–H and O–H groups in total. The molecular weight excluding hydrogens is 178 g/mol. The molecule has 0 aromatic carbocycles. The van der Waals surface area contributed by atoms with E-state index in [0.29, 0.717) is 12.4 Å². The highest BCUT2D eigenvalue weighted by atomic mass is 35.5. The second kappa shape index (κ2) is 4.90. The Morgan fingerprint density at radius 1 is 1.83 bits per heavy atom. The van der Waals surface area contributed by atoms with E-state index in [0.717, 1.165) is 12.1 Å². The van der Waals surface area contributed by atoms with Gasteiger partial charge in [0.25, 0.3) is 0 Å². The van der Waals surface area contributed by atoms with Crippen molar-refractivity contribution in [3.8, 4) is 0 Å². The lowest BCUT2D eigenvalue weighted by atomic mass is 10.3. The molecule has 0 aliphatic rings. The van der Waals surface area contributed by atoms with Crippen LogP contribution in [-0.4, -0.2) is 16.7 Å². The average Bonchev–Trinajstić information content (AvgIpc) is 2.57. The summed E-state index contributed by atoms with van der Waals surface area (Å²) in [5.41, 5.74) is 2.61. The number of hydrogen-bond acceptors (Lipinski definition) is 4. The molecule has 0 atom stereocenters. The van der Waals surface area contributed by atoms with Crippen LogP contribution in [0.25, 0.3) is 0 Å². The summed E-state index contributed by atoms with van der Waals surface area (Å²) in [4.78, 5) is 3.85. The van der Waals surface area contributed by atoms with Gasteiger partial charge in [0, 0.05) is 12.1 Å². The summed E-state index contributed by atoms with van der Waals surface area (Å²) in [6.45, 7) is 3.27. The molecule has 1 aromatic heterocycles. The molecule has 0 saturated carbocycles. The minimum atomic E-state index is 0.596. The molecule has 1 aromatic rings. The van der Waals surface area contributed by atoms with Gasteiger partial charge in [0.1, 0.15) is 0 Å². The summed E-state index contributed by atoms with van der Waals surface area (Å²) in [5.74, 6) is 0.650. The van der Waals surface area contributed by atoms with Gasteiger partial charge in [-0.3, -0.25) is 0 Å². The van der Waals surface area contributed by atoms with Crippen LogP contribution in [0.5, 0.6) is 0 Å². The molecule has 0 saturated heterocycles. The van der Waals surface area contributed by atoms with Crippen molar-refractivity contribution >= 4 is 11.6 Å². The lowest BCUT2D eigenvalue weighted by Crippen LogP contribution is -2.16. The smallest absolute Gasteiger partial charge is 0.213 e. The Balaban J connectivity index is 2.19. The summed E-state index contributed by atoms with van der Waals surface area (Å²) < 4.78 is 4.56. The Morgan fingerprint density at radius 3 is 3.25 bits per heavy atom. The fourth-order valence-corrected chi connectivity index (χ4v) is 0.758. The standard InChI is InChI=1S/C7H10ClN3O/c1-6(2-8)3-9-4-7-10-5-12-11-7/h2,5,9H,3-4H2,1H3. The van der Waals surface area contributed by atoms with Crippen molar-refractivity contribution < 1.29 is 4.52 Å². The monoisotopic (exact) mass is 187 g/mol. The fraction of sp³-hybridized carbons (Fsp3) is 0.429. The molecule has 0 amide bonds. The normalized spacial score (nSPS) is 12.0. The van der Waals surface area contributed by atoms with Crippen LogP contribution in [0.1, 0.15) is 12.7 Å². The van der Waals surface area contributed by atoms with E-state index in [4.69, 9.17) is 11.6 Å². The summed E-state index contributed by atoms with van der Waals surface area (Å²) in [7, 11) is 0. The van der Waals surface area contributed by atoms with E-state index in [1.54, 1.807) is 5.54 Å². The molecule has 12 heavy (non-hydrogen) atoms. The lowest BCUT2D eigenvalue weighted by Gasteiger charge is -1.99. The van der Waals surface area contributed by atoms with Gasteiger partial charge in [-0.15, -0.1) is 0 Å². The third-order valence-corrected chi connectivity index (χ3v) is 1.65. The highest BCUT2D eigenvalue weighted by molar-refractivity contribution is 6.25. The molecule has 0 spiro atoms. The van der Waals surface area contributed by atoms with Gasteiger partial charge in [-0.05, 0) is 12.5 Å². The highest BCUT2D eigenvalue weighted by Gasteiger charge is 1.96. The number of aromatic nitrogens is 2.